The van der Waals surface area contributed by atoms with Gasteiger partial charge in [0, 0.05) is 18.2 Å². The Bertz CT molecular complexity index is 1030. The van der Waals surface area contributed by atoms with Crippen LogP contribution in [0.5, 0.6) is 11.5 Å². The van der Waals surface area contributed by atoms with E-state index in [-0.39, 0.29) is 11.9 Å². The minimum atomic E-state index is 0.0320. The summed E-state index contributed by atoms with van der Waals surface area (Å²) in [6.45, 7) is 2.04. The van der Waals surface area contributed by atoms with Crippen LogP contribution in [0.1, 0.15) is 31.1 Å². The smallest absolute Gasteiger partial charge is 0.224 e. The van der Waals surface area contributed by atoms with Crippen LogP contribution >= 0.6 is 0 Å². The number of likely N-dealkylation sites (tertiary alicyclic amines) is 1. The zero-order valence-electron chi connectivity index (χ0n) is 17.1. The number of para-hydroxylation sites is 2. The molecule has 3 aromatic rings. The average molecular weight is 406 g/mol. The summed E-state index contributed by atoms with van der Waals surface area (Å²) in [4.78, 5) is 23.3. The molecule has 2 aliphatic rings. The highest BCUT2D eigenvalue weighted by molar-refractivity contribution is 5.91. The molecule has 2 N–H and O–H groups in total. The molecule has 156 valence electrons. The molecule has 0 saturated carbocycles. The third-order valence-electron chi connectivity index (χ3n) is 6.00. The Balaban J connectivity index is 1.24. The molecule has 0 aliphatic carbocycles. The summed E-state index contributed by atoms with van der Waals surface area (Å²) >= 11 is 0. The van der Waals surface area contributed by atoms with Crippen molar-refractivity contribution >= 4 is 22.6 Å². The van der Waals surface area contributed by atoms with Gasteiger partial charge in [-0.1, -0.05) is 12.1 Å². The number of nitrogens with zero attached hydrogens (tertiary/aromatic N) is 2. The van der Waals surface area contributed by atoms with Crippen LogP contribution < -0.4 is 14.8 Å². The van der Waals surface area contributed by atoms with Crippen LogP contribution in [-0.2, 0) is 4.79 Å². The fraction of sp³-hybridized carbons (Fsp3) is 0.391. The lowest BCUT2D eigenvalue weighted by Crippen LogP contribution is -2.35. The van der Waals surface area contributed by atoms with Gasteiger partial charge in [-0.25, -0.2) is 4.98 Å². The van der Waals surface area contributed by atoms with Gasteiger partial charge in [-0.3, -0.25) is 9.69 Å². The van der Waals surface area contributed by atoms with E-state index in [0.29, 0.717) is 31.3 Å². The Hall–Kier alpha value is -3.06. The molecule has 30 heavy (non-hydrogen) atoms. The fourth-order valence-electron chi connectivity index (χ4n) is 4.39. The molecule has 7 heteroatoms. The van der Waals surface area contributed by atoms with Crippen LogP contribution in [0.2, 0.25) is 0 Å². The minimum absolute atomic E-state index is 0.0320. The summed E-state index contributed by atoms with van der Waals surface area (Å²) in [6, 6.07) is 13.8. The van der Waals surface area contributed by atoms with Crippen LogP contribution in [0.4, 0.5) is 5.69 Å². The van der Waals surface area contributed by atoms with E-state index in [1.54, 1.807) is 0 Å². The van der Waals surface area contributed by atoms with Gasteiger partial charge in [-0.2, -0.15) is 0 Å². The number of ether oxygens (including phenoxy) is 2. The van der Waals surface area contributed by atoms with Gasteiger partial charge in [0.25, 0.3) is 0 Å². The van der Waals surface area contributed by atoms with Crippen molar-refractivity contribution in [1.29, 1.82) is 0 Å². The second-order valence-corrected chi connectivity index (χ2v) is 8.14. The molecule has 2 atom stereocenters. The number of imidazole rings is 1. The number of aromatic amines is 1. The fourth-order valence-corrected chi connectivity index (χ4v) is 4.39. The second kappa shape index (κ2) is 7.99. The second-order valence-electron chi connectivity index (χ2n) is 8.14. The lowest BCUT2D eigenvalue weighted by molar-refractivity contribution is -0.117. The highest BCUT2D eigenvalue weighted by Gasteiger charge is 2.30. The van der Waals surface area contributed by atoms with E-state index >= 15 is 0 Å². The van der Waals surface area contributed by atoms with Crippen molar-refractivity contribution < 1.29 is 14.3 Å². The highest BCUT2D eigenvalue weighted by atomic mass is 16.6. The number of rotatable bonds is 4. The summed E-state index contributed by atoms with van der Waals surface area (Å²) in [7, 11) is 2.13. The molecule has 2 aliphatic heterocycles. The minimum Gasteiger partial charge on any atom is -0.486 e. The van der Waals surface area contributed by atoms with Crippen LogP contribution in [0, 0.1) is 5.92 Å². The standard InChI is InChI=1S/C23H26N4O3/c1-27-9-8-15(12-19(27)23-25-17-4-2-3-5-18(17)26-23)13-22(28)24-16-6-7-20-21(14-16)30-11-10-29-20/h2-7,14-15,19H,8-13H2,1H3,(H,24,28)(H,25,26)/t15?,19-/m1/s1. The Morgan fingerprint density at radius 3 is 2.90 bits per heavy atom. The van der Waals surface area contributed by atoms with E-state index in [4.69, 9.17) is 14.5 Å². The number of anilines is 1. The number of hydrogen-bond acceptors (Lipinski definition) is 5. The van der Waals surface area contributed by atoms with Crippen molar-refractivity contribution in [2.45, 2.75) is 25.3 Å². The molecule has 1 unspecified atom stereocenters. The maximum absolute atomic E-state index is 12.7. The van der Waals surface area contributed by atoms with E-state index < -0.39 is 0 Å². The van der Waals surface area contributed by atoms with Crippen LogP contribution in [0.3, 0.4) is 0 Å². The topological polar surface area (TPSA) is 79.5 Å². The molecule has 1 aromatic heterocycles. The number of carbonyl (C=O) groups is 1. The highest BCUT2D eigenvalue weighted by Crippen LogP contribution is 2.35. The number of hydrogen-bond donors (Lipinski definition) is 2. The number of amides is 1. The molecular weight excluding hydrogens is 380 g/mol. The van der Waals surface area contributed by atoms with Gasteiger partial charge in [-0.15, -0.1) is 0 Å². The number of aromatic nitrogens is 2. The van der Waals surface area contributed by atoms with Crippen LogP contribution in [-0.4, -0.2) is 47.6 Å². The number of nitrogens with one attached hydrogen (secondary N) is 2. The van der Waals surface area contributed by atoms with E-state index in [9.17, 15) is 4.79 Å². The largest absolute Gasteiger partial charge is 0.486 e. The summed E-state index contributed by atoms with van der Waals surface area (Å²) in [5, 5.41) is 3.02. The first-order valence-corrected chi connectivity index (χ1v) is 10.5. The van der Waals surface area contributed by atoms with E-state index in [2.05, 4.69) is 22.2 Å². The average Bonchev–Trinajstić information content (AvgIpc) is 3.19. The molecule has 2 aromatic carbocycles. The van der Waals surface area contributed by atoms with Crippen molar-refractivity contribution in [3.05, 3.63) is 48.3 Å². The molecule has 1 fully saturated rings. The first-order chi connectivity index (χ1) is 14.7. The van der Waals surface area contributed by atoms with E-state index in [1.807, 2.05) is 42.5 Å². The molecule has 5 rings (SSSR count). The Morgan fingerprint density at radius 1 is 1.20 bits per heavy atom. The van der Waals surface area contributed by atoms with Crippen molar-refractivity contribution in [2.75, 3.05) is 32.1 Å². The summed E-state index contributed by atoms with van der Waals surface area (Å²) in [5.41, 5.74) is 2.78. The van der Waals surface area contributed by atoms with Crippen LogP contribution in [0.15, 0.2) is 42.5 Å². The van der Waals surface area contributed by atoms with Gasteiger partial charge in [0.15, 0.2) is 11.5 Å². The number of H-pyrrole nitrogens is 1. The lowest BCUT2D eigenvalue weighted by Gasteiger charge is -2.35. The maximum Gasteiger partial charge on any atom is 0.224 e. The molecule has 1 amide bonds. The molecular formula is C23H26N4O3. The summed E-state index contributed by atoms with van der Waals surface area (Å²) in [6.07, 6.45) is 2.41. The van der Waals surface area contributed by atoms with Gasteiger partial charge in [0.2, 0.25) is 5.91 Å². The first kappa shape index (κ1) is 18.9. The van der Waals surface area contributed by atoms with E-state index in [1.165, 1.54) is 0 Å². The van der Waals surface area contributed by atoms with Gasteiger partial charge >= 0.3 is 0 Å². The summed E-state index contributed by atoms with van der Waals surface area (Å²) in [5.74, 6) is 2.74. The van der Waals surface area contributed by atoms with Crippen LogP contribution in [0.25, 0.3) is 11.0 Å². The Kier molecular flexibility index (Phi) is 5.04. The van der Waals surface area contributed by atoms with Crippen molar-refractivity contribution in [3.8, 4) is 11.5 Å². The third kappa shape index (κ3) is 3.85. The zero-order valence-corrected chi connectivity index (χ0v) is 17.1. The van der Waals surface area contributed by atoms with Gasteiger partial charge in [-0.05, 0) is 56.6 Å². The normalized spacial score (nSPS) is 21.5. The predicted molar refractivity (Wildman–Crippen MR) is 115 cm³/mol. The molecule has 7 nitrogen and oxygen atoms in total. The molecule has 0 bridgehead atoms. The molecule has 1 saturated heterocycles. The monoisotopic (exact) mass is 406 g/mol. The lowest BCUT2D eigenvalue weighted by atomic mass is 9.88. The zero-order chi connectivity index (χ0) is 20.5. The van der Waals surface area contributed by atoms with Gasteiger partial charge < -0.3 is 19.8 Å². The van der Waals surface area contributed by atoms with Crippen molar-refractivity contribution in [3.63, 3.8) is 0 Å². The maximum atomic E-state index is 12.7. The first-order valence-electron chi connectivity index (χ1n) is 10.5. The quantitative estimate of drug-likeness (QED) is 0.690. The predicted octanol–water partition coefficient (Wildman–Crippen LogP) is 3.75. The number of fused-ring (bicyclic) bond motifs is 2. The van der Waals surface area contributed by atoms with Gasteiger partial charge in [0.1, 0.15) is 19.0 Å². The third-order valence-corrected chi connectivity index (χ3v) is 6.00. The van der Waals surface area contributed by atoms with Gasteiger partial charge in [0.05, 0.1) is 17.1 Å². The van der Waals surface area contributed by atoms with Crippen molar-refractivity contribution in [2.24, 2.45) is 5.92 Å². The number of piperidine rings is 1. The summed E-state index contributed by atoms with van der Waals surface area (Å²) < 4.78 is 11.1. The number of carbonyl (C=O) groups excluding carboxylic acids is 1. The SMILES string of the molecule is CN1CCC(CC(=O)Nc2ccc3c(c2)OCCO3)C[C@@H]1c1nc2ccccc2[nH]1. The van der Waals surface area contributed by atoms with Crippen molar-refractivity contribution in [1.82, 2.24) is 14.9 Å². The van der Waals surface area contributed by atoms with E-state index in [0.717, 1.165) is 47.7 Å². The molecule has 0 radical (unpaired) electrons. The number of benzene rings is 2. The Morgan fingerprint density at radius 2 is 2.03 bits per heavy atom. The molecule has 0 spiro atoms. The molecule has 3 heterocycles. The Labute approximate surface area is 175 Å².